The highest BCUT2D eigenvalue weighted by molar-refractivity contribution is 6.35. The van der Waals surface area contributed by atoms with Crippen molar-refractivity contribution in [3.8, 4) is 0 Å². The minimum Gasteiger partial charge on any atom is -0.452 e. The quantitative estimate of drug-likeness (QED) is 0.677. The lowest BCUT2D eigenvalue weighted by molar-refractivity contribution is -0.154. The molecule has 0 unspecified atom stereocenters. The summed E-state index contributed by atoms with van der Waals surface area (Å²) in [5.74, 6) is -0.903. The number of hydrogen-bond donors (Lipinski definition) is 1. The smallest absolute Gasteiger partial charge is 0.311 e. The Balaban J connectivity index is 1.90. The van der Waals surface area contributed by atoms with E-state index in [-0.39, 0.29) is 12.5 Å². The maximum Gasteiger partial charge on any atom is 0.311 e. The van der Waals surface area contributed by atoms with Crippen molar-refractivity contribution in [2.45, 2.75) is 32.4 Å². The van der Waals surface area contributed by atoms with Gasteiger partial charge in [-0.2, -0.15) is 0 Å². The molecule has 4 nitrogen and oxygen atoms in total. The van der Waals surface area contributed by atoms with E-state index in [4.69, 9.17) is 39.5 Å². The van der Waals surface area contributed by atoms with E-state index >= 15 is 0 Å². The number of halogens is 3. The van der Waals surface area contributed by atoms with Crippen molar-refractivity contribution in [3.05, 3.63) is 68.7 Å². The molecular weight excluding hydrogens is 397 g/mol. The van der Waals surface area contributed by atoms with Crippen LogP contribution in [0.1, 0.15) is 31.0 Å². The average molecular weight is 415 g/mol. The van der Waals surface area contributed by atoms with Gasteiger partial charge in [0.2, 0.25) is 0 Å². The fourth-order valence-electron chi connectivity index (χ4n) is 2.32. The van der Waals surface area contributed by atoms with Crippen molar-refractivity contribution >= 4 is 46.7 Å². The molecule has 1 amide bonds. The summed E-state index contributed by atoms with van der Waals surface area (Å²) < 4.78 is 5.19. The highest BCUT2D eigenvalue weighted by Gasteiger charge is 2.21. The molecule has 0 spiro atoms. The van der Waals surface area contributed by atoms with Gasteiger partial charge in [0.15, 0.2) is 6.10 Å². The van der Waals surface area contributed by atoms with Gasteiger partial charge in [-0.15, -0.1) is 0 Å². The number of carbonyl (C=O) groups excluding carboxylic acids is 2. The number of nitrogens with one attached hydrogen (secondary N) is 1. The minimum atomic E-state index is -0.927. The fourth-order valence-corrected chi connectivity index (χ4v) is 3.02. The van der Waals surface area contributed by atoms with Crippen LogP contribution in [0.25, 0.3) is 0 Å². The second-order valence-corrected chi connectivity index (χ2v) is 7.11. The molecule has 138 valence electrons. The molecule has 0 saturated heterocycles. The minimum absolute atomic E-state index is 0.0629. The fraction of sp³-hybridized carbons (Fsp3) is 0.263. The summed E-state index contributed by atoms with van der Waals surface area (Å²) in [5, 5.41) is 4.33. The highest BCUT2D eigenvalue weighted by atomic mass is 35.5. The summed E-state index contributed by atoms with van der Waals surface area (Å²) in [4.78, 5) is 24.3. The van der Waals surface area contributed by atoms with Crippen molar-refractivity contribution in [1.82, 2.24) is 5.32 Å². The first-order valence-corrected chi connectivity index (χ1v) is 9.09. The molecule has 0 aliphatic carbocycles. The zero-order chi connectivity index (χ0) is 19.3. The molecule has 1 N–H and O–H groups in total. The molecule has 2 aromatic rings. The number of benzene rings is 2. The van der Waals surface area contributed by atoms with Gasteiger partial charge in [0.05, 0.1) is 12.5 Å². The Morgan fingerprint density at radius 3 is 2.23 bits per heavy atom. The number of carbonyl (C=O) groups is 2. The predicted octanol–water partition coefficient (Wildman–Crippen LogP) is 5.00. The lowest BCUT2D eigenvalue weighted by Crippen LogP contribution is -2.37. The molecule has 0 aliphatic rings. The number of ether oxygens (including phenoxy) is 1. The lowest BCUT2D eigenvalue weighted by atomic mass is 10.1. The number of hydrogen-bond acceptors (Lipinski definition) is 3. The van der Waals surface area contributed by atoms with Gasteiger partial charge in [-0.3, -0.25) is 9.59 Å². The third-order valence-electron chi connectivity index (χ3n) is 3.73. The summed E-state index contributed by atoms with van der Waals surface area (Å²) in [6.07, 6.45) is -0.865. The summed E-state index contributed by atoms with van der Waals surface area (Å²) in [6, 6.07) is 11.5. The summed E-state index contributed by atoms with van der Waals surface area (Å²) in [6.45, 7) is 3.31. The molecule has 0 fully saturated rings. The number of amides is 1. The van der Waals surface area contributed by atoms with Gasteiger partial charge in [0.1, 0.15) is 0 Å². The molecule has 2 aromatic carbocycles. The average Bonchev–Trinajstić information content (AvgIpc) is 2.56. The molecule has 0 aliphatic heterocycles. The maximum atomic E-state index is 12.3. The topological polar surface area (TPSA) is 55.4 Å². The number of rotatable bonds is 6. The Morgan fingerprint density at radius 1 is 1.00 bits per heavy atom. The first kappa shape index (κ1) is 20.6. The SMILES string of the molecule is C[C@H](OC(=O)Cc1ccc(Cl)cc1)C(=O)N[C@@H](C)c1ccc(Cl)cc1Cl. The van der Waals surface area contributed by atoms with Crippen LogP contribution in [0.3, 0.4) is 0 Å². The Hall–Kier alpha value is -1.75. The molecule has 2 rings (SSSR count). The van der Waals surface area contributed by atoms with E-state index in [9.17, 15) is 9.59 Å². The standard InChI is InChI=1S/C19H18Cl3NO3/c1-11(16-8-7-15(21)10-17(16)22)23-19(25)12(2)26-18(24)9-13-3-5-14(20)6-4-13/h3-8,10-12H,9H2,1-2H3,(H,23,25)/t11-,12-/m0/s1. The van der Waals surface area contributed by atoms with Crippen molar-refractivity contribution in [3.63, 3.8) is 0 Å². The van der Waals surface area contributed by atoms with Crippen molar-refractivity contribution in [2.24, 2.45) is 0 Å². The van der Waals surface area contributed by atoms with Crippen LogP contribution in [-0.4, -0.2) is 18.0 Å². The van der Waals surface area contributed by atoms with Crippen LogP contribution in [-0.2, 0) is 20.7 Å². The Morgan fingerprint density at radius 2 is 1.62 bits per heavy atom. The van der Waals surface area contributed by atoms with E-state index < -0.39 is 18.0 Å². The van der Waals surface area contributed by atoms with Crippen LogP contribution in [0.5, 0.6) is 0 Å². The van der Waals surface area contributed by atoms with Gasteiger partial charge in [0, 0.05) is 15.1 Å². The Labute approximate surface area is 167 Å². The van der Waals surface area contributed by atoms with Crippen LogP contribution >= 0.6 is 34.8 Å². The molecule has 0 bridgehead atoms. The van der Waals surface area contributed by atoms with Crippen LogP contribution in [0.15, 0.2) is 42.5 Å². The van der Waals surface area contributed by atoms with E-state index in [2.05, 4.69) is 5.32 Å². The van der Waals surface area contributed by atoms with Gasteiger partial charge in [-0.25, -0.2) is 0 Å². The van der Waals surface area contributed by atoms with Crippen molar-refractivity contribution in [1.29, 1.82) is 0 Å². The molecular formula is C19H18Cl3NO3. The monoisotopic (exact) mass is 413 g/mol. The first-order valence-electron chi connectivity index (χ1n) is 7.95. The van der Waals surface area contributed by atoms with Crippen LogP contribution in [0.2, 0.25) is 15.1 Å². The molecule has 0 saturated carbocycles. The summed E-state index contributed by atoms with van der Waals surface area (Å²) in [5.41, 5.74) is 1.48. The third kappa shape index (κ3) is 5.90. The molecule has 7 heteroatoms. The van der Waals surface area contributed by atoms with Gasteiger partial charge < -0.3 is 10.1 Å². The number of esters is 1. The van der Waals surface area contributed by atoms with E-state index in [1.165, 1.54) is 6.92 Å². The van der Waals surface area contributed by atoms with E-state index in [1.54, 1.807) is 49.4 Å². The van der Waals surface area contributed by atoms with E-state index in [0.29, 0.717) is 15.1 Å². The zero-order valence-electron chi connectivity index (χ0n) is 14.3. The summed E-state index contributed by atoms with van der Waals surface area (Å²) >= 11 is 17.8. The molecule has 0 radical (unpaired) electrons. The van der Waals surface area contributed by atoms with Gasteiger partial charge in [0.25, 0.3) is 5.91 Å². The molecule has 0 heterocycles. The van der Waals surface area contributed by atoms with Gasteiger partial charge >= 0.3 is 5.97 Å². The van der Waals surface area contributed by atoms with Crippen LogP contribution in [0.4, 0.5) is 0 Å². The molecule has 2 atom stereocenters. The van der Waals surface area contributed by atoms with Gasteiger partial charge in [-0.05, 0) is 49.2 Å². The Bertz CT molecular complexity index is 793. The molecule has 0 aromatic heterocycles. The van der Waals surface area contributed by atoms with Gasteiger partial charge in [-0.1, -0.05) is 53.0 Å². The first-order chi connectivity index (χ1) is 12.3. The maximum absolute atomic E-state index is 12.3. The second kappa shape index (κ2) is 9.26. The zero-order valence-corrected chi connectivity index (χ0v) is 16.5. The van der Waals surface area contributed by atoms with E-state index in [0.717, 1.165) is 11.1 Å². The highest BCUT2D eigenvalue weighted by Crippen LogP contribution is 2.26. The molecule has 26 heavy (non-hydrogen) atoms. The van der Waals surface area contributed by atoms with Crippen molar-refractivity contribution in [2.75, 3.05) is 0 Å². The third-order valence-corrected chi connectivity index (χ3v) is 4.54. The van der Waals surface area contributed by atoms with E-state index in [1.807, 2.05) is 0 Å². The van der Waals surface area contributed by atoms with Crippen molar-refractivity contribution < 1.29 is 14.3 Å². The normalized spacial score (nSPS) is 13.0. The Kier molecular flexibility index (Phi) is 7.33. The predicted molar refractivity (Wildman–Crippen MR) is 104 cm³/mol. The largest absolute Gasteiger partial charge is 0.452 e. The second-order valence-electron chi connectivity index (χ2n) is 5.83. The summed E-state index contributed by atoms with van der Waals surface area (Å²) in [7, 11) is 0. The van der Waals surface area contributed by atoms with Crippen LogP contribution < -0.4 is 5.32 Å². The van der Waals surface area contributed by atoms with Crippen LogP contribution in [0, 0.1) is 0 Å². The lowest BCUT2D eigenvalue weighted by Gasteiger charge is -2.19.